The number of primary amides is 1. The fraction of sp³-hybridized carbons (Fsp3) is 0.471. The van der Waals surface area contributed by atoms with Crippen LogP contribution in [0.4, 0.5) is 11.4 Å². The summed E-state index contributed by atoms with van der Waals surface area (Å²) in [5.41, 5.74) is 18.4. The van der Waals surface area contributed by atoms with Crippen LogP contribution in [0.25, 0.3) is 0 Å². The number of hydrogen-bond acceptors (Lipinski definition) is 8. The lowest BCUT2D eigenvalue weighted by molar-refractivity contribution is -0.134. The van der Waals surface area contributed by atoms with Gasteiger partial charge in [-0.25, -0.2) is 0 Å². The van der Waals surface area contributed by atoms with Crippen LogP contribution in [0.3, 0.4) is 0 Å². The number of guanidine groups is 1. The van der Waals surface area contributed by atoms with Crippen molar-refractivity contribution in [1.29, 1.82) is 0 Å². The van der Waals surface area contributed by atoms with Crippen molar-refractivity contribution in [2.24, 2.45) is 38.3 Å². The number of carbonyl (C=O) groups excluding carboxylic acids is 5. The van der Waals surface area contributed by atoms with Crippen LogP contribution in [0, 0.1) is 5.92 Å². The van der Waals surface area contributed by atoms with Crippen molar-refractivity contribution >= 4 is 46.9 Å². The molecule has 0 unspecified atom stereocenters. The summed E-state index contributed by atoms with van der Waals surface area (Å²) in [5.74, 6) is -2.70. The molecule has 266 valence electrons. The first-order valence-electron chi connectivity index (χ1n) is 16.4. The zero-order valence-electron chi connectivity index (χ0n) is 28.5. The summed E-state index contributed by atoms with van der Waals surface area (Å²) >= 11 is 0. The van der Waals surface area contributed by atoms with Crippen LogP contribution >= 0.6 is 0 Å². The standard InChI is InChI=1S/C34H50N10O5/c1-4-22(2)30(40-23(3)45)33(49)42-28(32(48)41-27(31(35)47)14-10-20-39-34(36)37)13-8-9-19-38-29(46)21-24-15-17-26(18-16-24)44-43-25-11-6-5-7-12-25/h5-7,11-12,15-18,22,27-28,30H,4,8-10,13-14,19-21H2,1-3H3,(H2,35,47)(H,38,46)(H,40,45)(H,41,48)(H,42,49)(H4,36,37,39)/t22-,27-,28-,30-/m0/s1. The minimum atomic E-state index is -1.03. The van der Waals surface area contributed by atoms with E-state index in [0.717, 1.165) is 11.3 Å². The molecule has 15 heteroatoms. The maximum Gasteiger partial charge on any atom is 0.243 e. The molecule has 0 aliphatic rings. The number of nitrogens with two attached hydrogens (primary N) is 3. The minimum absolute atomic E-state index is 0.0922. The lowest BCUT2D eigenvalue weighted by atomic mass is 9.97. The predicted octanol–water partition coefficient (Wildman–Crippen LogP) is 1.99. The molecule has 0 aliphatic heterocycles. The number of azo groups is 1. The van der Waals surface area contributed by atoms with Crippen LogP contribution in [0.2, 0.25) is 0 Å². The molecule has 2 aromatic rings. The second-order valence-electron chi connectivity index (χ2n) is 11.8. The van der Waals surface area contributed by atoms with E-state index in [4.69, 9.17) is 17.2 Å². The largest absolute Gasteiger partial charge is 0.370 e. The molecule has 0 saturated carbocycles. The number of hydrogen-bond donors (Lipinski definition) is 7. The molecule has 5 amide bonds. The van der Waals surface area contributed by atoms with Crippen molar-refractivity contribution in [3.05, 3.63) is 60.2 Å². The summed E-state index contributed by atoms with van der Waals surface area (Å²) < 4.78 is 0. The molecule has 0 aliphatic carbocycles. The van der Waals surface area contributed by atoms with Gasteiger partial charge >= 0.3 is 0 Å². The number of carbonyl (C=O) groups is 5. The molecule has 2 aromatic carbocycles. The normalized spacial score (nSPS) is 13.4. The van der Waals surface area contributed by atoms with Crippen LogP contribution < -0.4 is 38.5 Å². The maximum atomic E-state index is 13.4. The van der Waals surface area contributed by atoms with E-state index in [-0.39, 0.29) is 49.5 Å². The average Bonchev–Trinajstić information content (AvgIpc) is 3.07. The first-order valence-corrected chi connectivity index (χ1v) is 16.4. The monoisotopic (exact) mass is 678 g/mol. The van der Waals surface area contributed by atoms with E-state index in [1.54, 1.807) is 12.1 Å². The van der Waals surface area contributed by atoms with Gasteiger partial charge in [-0.1, -0.05) is 50.6 Å². The van der Waals surface area contributed by atoms with Crippen LogP contribution in [0.5, 0.6) is 0 Å². The van der Waals surface area contributed by atoms with Gasteiger partial charge in [0.25, 0.3) is 0 Å². The van der Waals surface area contributed by atoms with E-state index in [1.807, 2.05) is 56.3 Å². The summed E-state index contributed by atoms with van der Waals surface area (Å²) in [7, 11) is 0. The van der Waals surface area contributed by atoms with Gasteiger partial charge in [-0.15, -0.1) is 0 Å². The number of rotatable bonds is 21. The Bertz CT molecular complexity index is 1430. The van der Waals surface area contributed by atoms with Crippen molar-refractivity contribution in [1.82, 2.24) is 21.3 Å². The highest BCUT2D eigenvalue weighted by Crippen LogP contribution is 2.18. The van der Waals surface area contributed by atoms with E-state index in [2.05, 4.69) is 36.5 Å². The molecule has 2 rings (SSSR count). The van der Waals surface area contributed by atoms with Crippen LogP contribution in [-0.2, 0) is 30.4 Å². The van der Waals surface area contributed by atoms with Gasteiger partial charge in [0, 0.05) is 20.0 Å². The Labute approximate surface area is 287 Å². The lowest BCUT2D eigenvalue weighted by Gasteiger charge is -2.27. The molecular formula is C34H50N10O5. The molecule has 4 atom stereocenters. The smallest absolute Gasteiger partial charge is 0.243 e. The minimum Gasteiger partial charge on any atom is -0.370 e. The van der Waals surface area contributed by atoms with E-state index < -0.39 is 35.8 Å². The van der Waals surface area contributed by atoms with E-state index in [1.165, 1.54) is 6.92 Å². The van der Waals surface area contributed by atoms with Gasteiger partial charge in [-0.05, 0) is 67.9 Å². The van der Waals surface area contributed by atoms with Crippen LogP contribution in [0.1, 0.15) is 64.9 Å². The number of nitrogens with one attached hydrogen (secondary N) is 4. The van der Waals surface area contributed by atoms with Crippen LogP contribution in [0.15, 0.2) is 69.8 Å². The second kappa shape index (κ2) is 21.5. The topological polar surface area (TPSA) is 249 Å². The lowest BCUT2D eigenvalue weighted by Crippen LogP contribution is -2.57. The van der Waals surface area contributed by atoms with Crippen molar-refractivity contribution in [3.63, 3.8) is 0 Å². The Morgan fingerprint density at radius 1 is 0.755 bits per heavy atom. The molecule has 0 spiro atoms. The van der Waals surface area contributed by atoms with Crippen molar-refractivity contribution in [2.45, 2.75) is 83.8 Å². The SMILES string of the molecule is CC[C@H](C)[C@H](NC(C)=O)C(=O)N[C@@H](CCCCNC(=O)Cc1ccc(N=Nc2ccccc2)cc1)C(=O)N[C@@H](CCCN=C(N)N)C(N)=O. The first-order chi connectivity index (χ1) is 23.4. The summed E-state index contributed by atoms with van der Waals surface area (Å²) in [6.45, 7) is 5.62. The molecule has 0 heterocycles. The molecule has 0 saturated heterocycles. The first kappa shape index (κ1) is 39.8. The second-order valence-corrected chi connectivity index (χ2v) is 11.8. The number of nitrogens with zero attached hydrogens (tertiary/aromatic N) is 3. The summed E-state index contributed by atoms with van der Waals surface area (Å²) in [6.07, 6.45) is 2.53. The van der Waals surface area contributed by atoms with Gasteiger partial charge in [0.15, 0.2) is 5.96 Å². The number of benzene rings is 2. The Hall–Kier alpha value is -5.34. The molecule has 0 radical (unpaired) electrons. The summed E-state index contributed by atoms with van der Waals surface area (Å²) in [6, 6.07) is 13.7. The van der Waals surface area contributed by atoms with Crippen molar-refractivity contribution in [2.75, 3.05) is 13.1 Å². The van der Waals surface area contributed by atoms with Gasteiger partial charge in [0.1, 0.15) is 18.1 Å². The highest BCUT2D eigenvalue weighted by Gasteiger charge is 2.30. The highest BCUT2D eigenvalue weighted by atomic mass is 16.2. The Morgan fingerprint density at radius 2 is 1.37 bits per heavy atom. The van der Waals surface area contributed by atoms with Crippen molar-refractivity contribution < 1.29 is 24.0 Å². The Kier molecular flexibility index (Phi) is 17.5. The van der Waals surface area contributed by atoms with Gasteiger partial charge in [-0.3, -0.25) is 29.0 Å². The maximum absolute atomic E-state index is 13.4. The van der Waals surface area contributed by atoms with E-state index in [9.17, 15) is 24.0 Å². The third-order valence-corrected chi connectivity index (χ3v) is 7.67. The van der Waals surface area contributed by atoms with Gasteiger partial charge in [0.05, 0.1) is 17.8 Å². The van der Waals surface area contributed by atoms with E-state index >= 15 is 0 Å². The third kappa shape index (κ3) is 15.9. The van der Waals surface area contributed by atoms with E-state index in [0.29, 0.717) is 37.9 Å². The van der Waals surface area contributed by atoms with Gasteiger partial charge in [0.2, 0.25) is 29.5 Å². The molecule has 15 nitrogen and oxygen atoms in total. The fourth-order valence-corrected chi connectivity index (χ4v) is 4.75. The van der Waals surface area contributed by atoms with Gasteiger partial charge < -0.3 is 38.5 Å². The van der Waals surface area contributed by atoms with Crippen molar-refractivity contribution in [3.8, 4) is 0 Å². The Morgan fingerprint density at radius 3 is 1.96 bits per heavy atom. The molecule has 49 heavy (non-hydrogen) atoms. The predicted molar refractivity (Wildman–Crippen MR) is 188 cm³/mol. The highest BCUT2D eigenvalue weighted by molar-refractivity contribution is 5.94. The molecule has 10 N–H and O–H groups in total. The molecule has 0 aromatic heterocycles. The number of unbranched alkanes of at least 4 members (excludes halogenated alkanes) is 1. The fourth-order valence-electron chi connectivity index (χ4n) is 4.75. The summed E-state index contributed by atoms with van der Waals surface area (Å²) in [4.78, 5) is 67.0. The molecular weight excluding hydrogens is 628 g/mol. The molecule has 0 fully saturated rings. The third-order valence-electron chi connectivity index (χ3n) is 7.67. The Balaban J connectivity index is 1.96. The zero-order valence-corrected chi connectivity index (χ0v) is 28.5. The summed E-state index contributed by atoms with van der Waals surface area (Å²) in [5, 5.41) is 19.3. The number of aliphatic imine (C=N–C) groups is 1. The zero-order chi connectivity index (χ0) is 36.2. The van der Waals surface area contributed by atoms with Gasteiger partial charge in [-0.2, -0.15) is 10.2 Å². The number of amides is 5. The average molecular weight is 679 g/mol. The molecule has 0 bridgehead atoms. The van der Waals surface area contributed by atoms with Crippen LogP contribution in [-0.4, -0.2) is 66.7 Å². The quantitative estimate of drug-likeness (QED) is 0.0447.